The van der Waals surface area contributed by atoms with Gasteiger partial charge in [0.05, 0.1) is 23.7 Å². The van der Waals surface area contributed by atoms with Gasteiger partial charge in [-0.1, -0.05) is 12.1 Å². The quantitative estimate of drug-likeness (QED) is 0.190. The molecule has 180 valence electrons. The molecule has 11 nitrogen and oxygen atoms in total. The summed E-state index contributed by atoms with van der Waals surface area (Å²) >= 11 is 0. The van der Waals surface area contributed by atoms with Crippen molar-refractivity contribution in [1.29, 1.82) is 0 Å². The second-order valence-corrected chi connectivity index (χ2v) is 7.75. The van der Waals surface area contributed by atoms with E-state index in [1.54, 1.807) is 20.2 Å². The molecule has 0 radical (unpaired) electrons. The molecule has 0 aliphatic carbocycles. The van der Waals surface area contributed by atoms with Crippen molar-refractivity contribution in [3.8, 4) is 16.9 Å². The average Bonchev–Trinajstić information content (AvgIpc) is 3.24. The topological polar surface area (TPSA) is 158 Å². The van der Waals surface area contributed by atoms with Crippen LogP contribution in [0.25, 0.3) is 11.1 Å². The first-order chi connectivity index (χ1) is 16.3. The van der Waals surface area contributed by atoms with Gasteiger partial charge >= 0.3 is 5.69 Å². The fourth-order valence-electron chi connectivity index (χ4n) is 3.35. The largest absolute Gasteiger partial charge is 0.497 e. The summed E-state index contributed by atoms with van der Waals surface area (Å²) in [5.41, 5.74) is 7.53. The number of aliphatic hydroxyl groups excluding tert-OH is 1. The Morgan fingerprint density at radius 3 is 2.62 bits per heavy atom. The summed E-state index contributed by atoms with van der Waals surface area (Å²) in [5.74, 6) is 0.758. The maximum atomic E-state index is 12.8. The number of nitrogens with two attached hydrogens (primary N) is 1. The maximum absolute atomic E-state index is 12.8. The number of benzene rings is 1. The zero-order valence-corrected chi connectivity index (χ0v) is 19.0. The minimum Gasteiger partial charge on any atom is -0.497 e. The fourth-order valence-corrected chi connectivity index (χ4v) is 3.35. The summed E-state index contributed by atoms with van der Waals surface area (Å²) in [5, 5.41) is 26.2. The van der Waals surface area contributed by atoms with Crippen molar-refractivity contribution in [2.75, 3.05) is 31.2 Å². The lowest BCUT2D eigenvalue weighted by Gasteiger charge is -2.08. The molecule has 0 unspecified atom stereocenters. The highest BCUT2D eigenvalue weighted by molar-refractivity contribution is 6.00. The van der Waals surface area contributed by atoms with Gasteiger partial charge in [0.2, 0.25) is 5.82 Å². The van der Waals surface area contributed by atoms with E-state index in [-0.39, 0.29) is 24.0 Å². The number of carbonyl (C=O) groups excluding carboxylic acids is 1. The van der Waals surface area contributed by atoms with Crippen molar-refractivity contribution >= 4 is 23.2 Å². The van der Waals surface area contributed by atoms with E-state index in [9.17, 15) is 20.0 Å². The molecule has 0 bridgehead atoms. The molecule has 1 aromatic carbocycles. The third-order valence-corrected chi connectivity index (χ3v) is 5.08. The Hall–Kier alpha value is -4.12. The number of nitro groups is 1. The lowest BCUT2D eigenvalue weighted by molar-refractivity contribution is -0.384. The number of aromatic nitrogens is 2. The molecule has 34 heavy (non-hydrogen) atoms. The molecule has 0 aliphatic heterocycles. The highest BCUT2D eigenvalue weighted by Crippen LogP contribution is 2.27. The van der Waals surface area contributed by atoms with Crippen LogP contribution in [0.2, 0.25) is 0 Å². The number of nitrogens with zero attached hydrogens (tertiary/aromatic N) is 3. The van der Waals surface area contributed by atoms with E-state index in [2.05, 4.69) is 15.6 Å². The Morgan fingerprint density at radius 1 is 1.26 bits per heavy atom. The van der Waals surface area contributed by atoms with Crippen LogP contribution in [0.4, 0.5) is 17.3 Å². The summed E-state index contributed by atoms with van der Waals surface area (Å²) < 4.78 is 7.14. The SMILES string of the molecule is COc1ccc(-c2cn(CCCNc3ccc([N+](=O)[O-])c(N)n3)cc2C(=O)NC[C@H](C)O)cc1. The minimum atomic E-state index is -0.649. The third kappa shape index (κ3) is 6.23. The minimum absolute atomic E-state index is 0.141. The maximum Gasteiger partial charge on any atom is 0.311 e. The van der Waals surface area contributed by atoms with E-state index in [1.807, 2.05) is 35.0 Å². The first-order valence-electron chi connectivity index (χ1n) is 10.7. The number of pyridine rings is 1. The normalized spacial score (nSPS) is 11.6. The van der Waals surface area contributed by atoms with Crippen LogP contribution in [0.3, 0.4) is 0 Å². The van der Waals surface area contributed by atoms with E-state index >= 15 is 0 Å². The van der Waals surface area contributed by atoms with Crippen molar-refractivity contribution < 1.29 is 19.6 Å². The molecule has 2 heterocycles. The smallest absolute Gasteiger partial charge is 0.311 e. The summed E-state index contributed by atoms with van der Waals surface area (Å²) in [6, 6.07) is 10.3. The van der Waals surface area contributed by atoms with Gasteiger partial charge in [-0.3, -0.25) is 14.9 Å². The van der Waals surface area contributed by atoms with E-state index in [1.165, 1.54) is 12.1 Å². The van der Waals surface area contributed by atoms with E-state index < -0.39 is 11.0 Å². The molecule has 1 amide bonds. The lowest BCUT2D eigenvalue weighted by Crippen LogP contribution is -2.30. The Morgan fingerprint density at radius 2 is 2.00 bits per heavy atom. The molecule has 2 aromatic heterocycles. The molecule has 5 N–H and O–H groups in total. The van der Waals surface area contributed by atoms with Gasteiger partial charge < -0.3 is 30.8 Å². The summed E-state index contributed by atoms with van der Waals surface area (Å²) in [7, 11) is 1.59. The number of nitrogens with one attached hydrogen (secondary N) is 2. The monoisotopic (exact) mass is 468 g/mol. The molecule has 3 rings (SSSR count). The predicted octanol–water partition coefficient (Wildman–Crippen LogP) is 2.66. The summed E-state index contributed by atoms with van der Waals surface area (Å²) in [6.45, 7) is 2.92. The van der Waals surface area contributed by atoms with Crippen LogP contribution in [0.15, 0.2) is 48.8 Å². The van der Waals surface area contributed by atoms with Crippen molar-refractivity contribution in [2.45, 2.75) is 26.0 Å². The zero-order chi connectivity index (χ0) is 24.7. The number of ether oxygens (including phenoxy) is 1. The number of methoxy groups -OCH3 is 1. The van der Waals surface area contributed by atoms with E-state index in [0.717, 1.165) is 16.9 Å². The molecule has 0 saturated heterocycles. The number of aliphatic hydroxyl groups is 1. The number of nitrogen functional groups attached to an aromatic ring is 1. The highest BCUT2D eigenvalue weighted by atomic mass is 16.6. The van der Waals surface area contributed by atoms with Gasteiger partial charge in [0.1, 0.15) is 11.6 Å². The number of hydrogen-bond acceptors (Lipinski definition) is 8. The van der Waals surface area contributed by atoms with Crippen LogP contribution in [-0.4, -0.2) is 51.8 Å². The van der Waals surface area contributed by atoms with Crippen molar-refractivity contribution in [2.24, 2.45) is 0 Å². The van der Waals surface area contributed by atoms with Crippen LogP contribution in [0.1, 0.15) is 23.7 Å². The lowest BCUT2D eigenvalue weighted by atomic mass is 10.0. The number of aryl methyl sites for hydroxylation is 1. The van der Waals surface area contributed by atoms with Gasteiger partial charge in [-0.25, -0.2) is 4.98 Å². The molecule has 11 heteroatoms. The molecule has 0 fully saturated rings. The molecule has 0 spiro atoms. The predicted molar refractivity (Wildman–Crippen MR) is 129 cm³/mol. The Balaban J connectivity index is 1.69. The third-order valence-electron chi connectivity index (χ3n) is 5.08. The van der Waals surface area contributed by atoms with Crippen LogP contribution in [0.5, 0.6) is 5.75 Å². The first-order valence-corrected chi connectivity index (χ1v) is 10.7. The second-order valence-electron chi connectivity index (χ2n) is 7.75. The molecular formula is C23H28N6O5. The number of hydrogen-bond donors (Lipinski definition) is 4. The second kappa shape index (κ2) is 11.1. The van der Waals surface area contributed by atoms with E-state index in [0.29, 0.717) is 30.9 Å². The van der Waals surface area contributed by atoms with Gasteiger partial charge in [-0.2, -0.15) is 0 Å². The van der Waals surface area contributed by atoms with Crippen LogP contribution in [-0.2, 0) is 6.54 Å². The van der Waals surface area contributed by atoms with Gasteiger partial charge in [-0.15, -0.1) is 0 Å². The van der Waals surface area contributed by atoms with Gasteiger partial charge in [0.15, 0.2) is 0 Å². The van der Waals surface area contributed by atoms with Crippen molar-refractivity contribution in [3.05, 3.63) is 64.5 Å². The fraction of sp³-hybridized carbons (Fsp3) is 0.304. The van der Waals surface area contributed by atoms with Crippen LogP contribution < -0.4 is 21.1 Å². The number of rotatable bonds is 11. The molecule has 0 saturated carbocycles. The molecular weight excluding hydrogens is 440 g/mol. The number of carbonyl (C=O) groups is 1. The zero-order valence-electron chi connectivity index (χ0n) is 19.0. The van der Waals surface area contributed by atoms with Gasteiger partial charge in [-0.05, 0) is 37.1 Å². The van der Waals surface area contributed by atoms with Crippen LogP contribution in [0, 0.1) is 10.1 Å². The Kier molecular flexibility index (Phi) is 8.04. The molecule has 1 atom stereocenters. The summed E-state index contributed by atoms with van der Waals surface area (Å²) in [6.07, 6.45) is 3.73. The van der Waals surface area contributed by atoms with Crippen molar-refractivity contribution in [3.63, 3.8) is 0 Å². The van der Waals surface area contributed by atoms with Crippen molar-refractivity contribution in [1.82, 2.24) is 14.9 Å². The van der Waals surface area contributed by atoms with Gasteiger partial charge in [0.25, 0.3) is 5.91 Å². The number of amides is 1. The Bertz CT molecular complexity index is 1140. The van der Waals surface area contributed by atoms with Crippen LogP contribution >= 0.6 is 0 Å². The summed E-state index contributed by atoms with van der Waals surface area (Å²) in [4.78, 5) is 27.0. The standard InChI is InChI=1S/C23H28N6O5/c1-15(30)12-26-23(31)19-14-28(13-18(19)16-4-6-17(34-2)7-5-16)11-3-10-25-21-9-8-20(29(32)33)22(24)27-21/h4-9,13-15,30H,3,10-12H2,1-2H3,(H,26,31)(H3,24,25,27)/t15-/m0/s1. The first kappa shape index (κ1) is 24.5. The Labute approximate surface area is 196 Å². The highest BCUT2D eigenvalue weighted by Gasteiger charge is 2.17. The molecule has 0 aliphatic rings. The average molecular weight is 469 g/mol. The van der Waals surface area contributed by atoms with Gasteiger partial charge in [0, 0.05) is 43.7 Å². The molecule has 3 aromatic rings. The van der Waals surface area contributed by atoms with E-state index in [4.69, 9.17) is 10.5 Å². The number of anilines is 2.